The summed E-state index contributed by atoms with van der Waals surface area (Å²) in [6, 6.07) is 7.66. The SMILES string of the molecule is COc1cc(-c2[o+]c3cc(O)cc(O[C@@H]4O[C@H](CO)[C@@H](O)[C@H](O)[C@@H]4O)c3cc2O[C@@H]2O[C@H](CO[C@@H]3O[C@H](C)[C@H](O)[C@H](O)[C@H]3O)[C@@H](O)[C@H](O)[C@H]2O)ccc1O. The highest BCUT2D eigenvalue weighted by atomic mass is 16.7. The molecule has 0 spiro atoms. The minimum absolute atomic E-state index is 0.0140. The number of methoxy groups -OCH3 is 1. The number of fused-ring (bicyclic) bond motifs is 1. The third-order valence-corrected chi connectivity index (χ3v) is 9.48. The highest BCUT2D eigenvalue weighted by molar-refractivity contribution is 5.89. The Morgan fingerprint density at radius 2 is 1.22 bits per heavy atom. The predicted molar refractivity (Wildman–Crippen MR) is 176 cm³/mol. The van der Waals surface area contributed by atoms with Gasteiger partial charge >= 0.3 is 11.3 Å². The van der Waals surface area contributed by atoms with Crippen LogP contribution in [0.5, 0.6) is 28.7 Å². The van der Waals surface area contributed by atoms with E-state index in [4.69, 9.17) is 37.6 Å². The van der Waals surface area contributed by atoms with Gasteiger partial charge in [-0.1, -0.05) is 0 Å². The van der Waals surface area contributed by atoms with Crippen LogP contribution in [0, 0.1) is 0 Å². The Bertz CT molecular complexity index is 1760. The van der Waals surface area contributed by atoms with Crippen molar-refractivity contribution in [1.82, 2.24) is 0 Å². The molecule has 54 heavy (non-hydrogen) atoms. The van der Waals surface area contributed by atoms with Gasteiger partial charge in [0.05, 0.1) is 38.1 Å². The van der Waals surface area contributed by atoms with E-state index in [1.165, 1.54) is 44.4 Å². The summed E-state index contributed by atoms with van der Waals surface area (Å²) in [6.07, 6.45) is -24.2. The molecule has 0 unspecified atom stereocenters. The minimum Gasteiger partial charge on any atom is -0.507 e. The van der Waals surface area contributed by atoms with E-state index >= 15 is 0 Å². The van der Waals surface area contributed by atoms with E-state index in [1.807, 2.05) is 0 Å². The molecule has 20 nitrogen and oxygen atoms in total. The summed E-state index contributed by atoms with van der Waals surface area (Å²) in [4.78, 5) is 0. The summed E-state index contributed by atoms with van der Waals surface area (Å²) in [5, 5.41) is 125. The fraction of sp³-hybridized carbons (Fsp3) is 0.559. The number of phenols is 2. The molecule has 3 saturated heterocycles. The van der Waals surface area contributed by atoms with Crippen LogP contribution in [-0.2, 0) is 18.9 Å². The fourth-order valence-electron chi connectivity index (χ4n) is 6.28. The Kier molecular flexibility index (Phi) is 12.0. The van der Waals surface area contributed by atoms with E-state index in [9.17, 15) is 61.3 Å². The van der Waals surface area contributed by atoms with Gasteiger partial charge in [-0.3, -0.25) is 0 Å². The number of aromatic hydroxyl groups is 2. The Hall–Kier alpha value is -3.71. The predicted octanol–water partition coefficient (Wildman–Crippen LogP) is -2.99. The minimum atomic E-state index is -1.91. The van der Waals surface area contributed by atoms with Crippen molar-refractivity contribution in [1.29, 1.82) is 0 Å². The first-order valence-corrected chi connectivity index (χ1v) is 16.8. The van der Waals surface area contributed by atoms with E-state index in [-0.39, 0.29) is 45.3 Å². The van der Waals surface area contributed by atoms with Crippen molar-refractivity contribution in [2.45, 2.75) is 99.0 Å². The number of rotatable bonds is 10. The van der Waals surface area contributed by atoms with Gasteiger partial charge in [0.1, 0.15) is 84.0 Å². The second kappa shape index (κ2) is 16.2. The van der Waals surface area contributed by atoms with Crippen LogP contribution >= 0.6 is 0 Å². The molecule has 12 N–H and O–H groups in total. The number of hydrogen-bond acceptors (Lipinski definition) is 19. The molecule has 0 saturated carbocycles. The average molecular weight is 772 g/mol. The second-order valence-electron chi connectivity index (χ2n) is 13.1. The fourth-order valence-corrected chi connectivity index (χ4v) is 6.28. The molecule has 0 radical (unpaired) electrons. The summed E-state index contributed by atoms with van der Waals surface area (Å²) >= 11 is 0. The van der Waals surface area contributed by atoms with Gasteiger partial charge < -0.3 is 94.4 Å². The first-order chi connectivity index (χ1) is 25.6. The van der Waals surface area contributed by atoms with E-state index in [2.05, 4.69) is 0 Å². The third kappa shape index (κ3) is 7.72. The van der Waals surface area contributed by atoms with E-state index in [0.717, 1.165) is 6.07 Å². The smallest absolute Gasteiger partial charge is 0.402 e. The lowest BCUT2D eigenvalue weighted by atomic mass is 9.98. The zero-order valence-corrected chi connectivity index (χ0v) is 28.7. The molecule has 0 bridgehead atoms. The number of hydrogen-bond donors (Lipinski definition) is 12. The molecule has 4 heterocycles. The van der Waals surface area contributed by atoms with Gasteiger partial charge in [0.25, 0.3) is 0 Å². The normalized spacial score (nSPS) is 37.2. The van der Waals surface area contributed by atoms with Crippen molar-refractivity contribution in [3.8, 4) is 40.1 Å². The van der Waals surface area contributed by atoms with Gasteiger partial charge in [-0.05, 0) is 19.1 Å². The number of ether oxygens (including phenoxy) is 7. The van der Waals surface area contributed by atoms with Crippen LogP contribution in [0.1, 0.15) is 6.92 Å². The average Bonchev–Trinajstić information content (AvgIpc) is 3.15. The van der Waals surface area contributed by atoms with Crippen molar-refractivity contribution >= 4 is 11.0 Å². The molecule has 298 valence electrons. The monoisotopic (exact) mass is 771 g/mol. The van der Waals surface area contributed by atoms with Crippen molar-refractivity contribution < 1.29 is 98.9 Å². The van der Waals surface area contributed by atoms with Crippen LogP contribution in [-0.4, -0.2) is 174 Å². The van der Waals surface area contributed by atoms with Crippen LogP contribution in [0.25, 0.3) is 22.3 Å². The third-order valence-electron chi connectivity index (χ3n) is 9.48. The van der Waals surface area contributed by atoms with Crippen molar-refractivity contribution in [2.24, 2.45) is 0 Å². The lowest BCUT2D eigenvalue weighted by molar-refractivity contribution is -0.318. The molecule has 15 atom stereocenters. The molecule has 6 rings (SSSR count). The van der Waals surface area contributed by atoms with Gasteiger partial charge in [-0.25, -0.2) is 4.42 Å². The van der Waals surface area contributed by atoms with Crippen molar-refractivity contribution in [3.05, 3.63) is 36.4 Å². The molecule has 1 aromatic heterocycles. The Morgan fingerprint density at radius 1 is 0.630 bits per heavy atom. The summed E-state index contributed by atoms with van der Waals surface area (Å²) in [6.45, 7) is 0.110. The van der Waals surface area contributed by atoms with Gasteiger partial charge in [-0.15, -0.1) is 0 Å². The molecule has 2 aromatic carbocycles. The van der Waals surface area contributed by atoms with Gasteiger partial charge in [-0.2, -0.15) is 0 Å². The van der Waals surface area contributed by atoms with Gasteiger partial charge in [0.2, 0.25) is 18.3 Å². The maximum Gasteiger partial charge on any atom is 0.402 e. The zero-order valence-electron chi connectivity index (χ0n) is 28.7. The molecule has 0 amide bonds. The van der Waals surface area contributed by atoms with Crippen molar-refractivity contribution in [2.75, 3.05) is 20.3 Å². The lowest BCUT2D eigenvalue weighted by Crippen LogP contribution is -2.61. The molecular weight excluding hydrogens is 728 g/mol. The highest BCUT2D eigenvalue weighted by Crippen LogP contribution is 2.43. The molecule has 3 aromatic rings. The van der Waals surface area contributed by atoms with Crippen LogP contribution in [0.4, 0.5) is 0 Å². The summed E-state index contributed by atoms with van der Waals surface area (Å²) in [5.41, 5.74) is 0.147. The number of aliphatic hydroxyl groups is 10. The maximum atomic E-state index is 11.0. The summed E-state index contributed by atoms with van der Waals surface area (Å²) in [7, 11) is 1.30. The van der Waals surface area contributed by atoms with Gasteiger partial charge in [0.15, 0.2) is 17.8 Å². The quantitative estimate of drug-likeness (QED) is 0.0915. The van der Waals surface area contributed by atoms with Crippen LogP contribution in [0.2, 0.25) is 0 Å². The first-order valence-electron chi connectivity index (χ1n) is 16.8. The number of phenolic OH excluding ortho intramolecular Hbond substituents is 2. The molecule has 3 aliphatic heterocycles. The topological polar surface area (TPSA) is 319 Å². The Morgan fingerprint density at radius 3 is 1.87 bits per heavy atom. The van der Waals surface area contributed by atoms with Gasteiger partial charge in [0, 0.05) is 18.2 Å². The van der Waals surface area contributed by atoms with Crippen LogP contribution < -0.4 is 14.2 Å². The van der Waals surface area contributed by atoms with Crippen LogP contribution in [0.3, 0.4) is 0 Å². The standard InChI is InChI=1S/C34H42O20/c1-11-22(38)25(41)28(44)32(49-11)48-10-21-24(40)27(43)30(46)34(54-21)52-19-8-14-16(50-31(19)12-3-4-15(37)18(5-12)47-2)6-13(36)7-17(14)51-33-29(45)26(42)23(39)20(9-35)53-33/h3-8,11,20-30,32-35,38-46H,9-10H2,1-2H3,(H-,36,37)/p+1/t11-,20-,21-,22+,23-,24-,25+,26+,27+,28-,29+,30-,32-,33-,34-/m1/s1. The zero-order chi connectivity index (χ0) is 39.2. The maximum absolute atomic E-state index is 11.0. The number of benzene rings is 2. The summed E-state index contributed by atoms with van der Waals surface area (Å²) < 4.78 is 45.5. The second-order valence-corrected chi connectivity index (χ2v) is 13.1. The summed E-state index contributed by atoms with van der Waals surface area (Å²) in [5.74, 6) is -1.19. The van der Waals surface area contributed by atoms with Crippen molar-refractivity contribution in [3.63, 3.8) is 0 Å². The lowest BCUT2D eigenvalue weighted by Gasteiger charge is -2.42. The van der Waals surface area contributed by atoms with Crippen LogP contribution in [0.15, 0.2) is 40.8 Å². The molecular formula is C34H43O20+. The Labute approximate surface area is 305 Å². The molecule has 3 fully saturated rings. The molecule has 3 aliphatic rings. The Balaban J connectivity index is 1.36. The highest BCUT2D eigenvalue weighted by Gasteiger charge is 2.49. The first kappa shape index (κ1) is 40.0. The van der Waals surface area contributed by atoms with E-state index in [0.29, 0.717) is 0 Å². The van der Waals surface area contributed by atoms with E-state index < -0.39 is 111 Å². The molecule has 0 aliphatic carbocycles. The van der Waals surface area contributed by atoms with E-state index in [1.54, 1.807) is 0 Å². The molecule has 20 heteroatoms. The number of aliphatic hydroxyl groups excluding tert-OH is 10. The largest absolute Gasteiger partial charge is 0.507 e.